The Morgan fingerprint density at radius 2 is 2.09 bits per heavy atom. The molecule has 0 saturated heterocycles. The zero-order chi connectivity index (χ0) is 7.61. The third-order valence-electron chi connectivity index (χ3n) is 1.50. The Morgan fingerprint density at radius 1 is 1.45 bits per heavy atom. The van der Waals surface area contributed by atoms with E-state index in [-0.39, 0.29) is 26.2 Å². The maximum atomic E-state index is 3.20. The Morgan fingerprint density at radius 3 is 2.45 bits per heavy atom. The summed E-state index contributed by atoms with van der Waals surface area (Å²) in [5, 5.41) is 0. The maximum absolute atomic E-state index is 3.20. The molecular formula is C9H15SiZr-. The quantitative estimate of drug-likeness (QED) is 0.516. The first-order valence-corrected chi connectivity index (χ1v) is 7.54. The largest absolute Gasteiger partial charge is 0.273 e. The van der Waals surface area contributed by atoms with E-state index < -0.39 is 8.07 Å². The molecule has 0 saturated carbocycles. The molecule has 0 unspecified atom stereocenters. The van der Waals surface area contributed by atoms with Crippen LogP contribution in [-0.4, -0.2) is 8.07 Å². The van der Waals surface area contributed by atoms with Gasteiger partial charge in [0.1, 0.15) is 0 Å². The molecule has 60 valence electrons. The van der Waals surface area contributed by atoms with Crippen LogP contribution in [-0.2, 0) is 26.2 Å². The van der Waals surface area contributed by atoms with Crippen LogP contribution in [0.3, 0.4) is 0 Å². The van der Waals surface area contributed by atoms with Gasteiger partial charge in [0, 0.05) is 34.3 Å². The Kier molecular flexibility index (Phi) is 4.81. The Bertz CT molecular complexity index is 174. The average Bonchev–Trinajstić information content (AvgIpc) is 2.12. The van der Waals surface area contributed by atoms with Gasteiger partial charge in [0.15, 0.2) is 0 Å². The fraction of sp³-hybridized carbons (Fsp3) is 0.556. The van der Waals surface area contributed by atoms with Crippen LogP contribution in [0.5, 0.6) is 0 Å². The topological polar surface area (TPSA) is 0 Å². The summed E-state index contributed by atoms with van der Waals surface area (Å²) in [6.45, 7) is 7.21. The van der Waals surface area contributed by atoms with Crippen molar-refractivity contribution in [1.82, 2.24) is 0 Å². The summed E-state index contributed by atoms with van der Waals surface area (Å²) in [4.78, 5) is 0. The second-order valence-corrected chi connectivity index (χ2v) is 9.54. The predicted molar refractivity (Wildman–Crippen MR) is 48.7 cm³/mol. The van der Waals surface area contributed by atoms with E-state index in [1.54, 1.807) is 0 Å². The molecule has 0 bridgehead atoms. The summed E-state index contributed by atoms with van der Waals surface area (Å²) >= 11 is 0. The molecular weight excluding hydrogens is 227 g/mol. The van der Waals surface area contributed by atoms with E-state index in [1.165, 1.54) is 11.6 Å². The number of rotatable bonds is 2. The molecule has 0 fully saturated rings. The molecule has 0 nitrogen and oxygen atoms in total. The molecule has 0 aromatic rings. The summed E-state index contributed by atoms with van der Waals surface area (Å²) in [5.74, 6) is 0. The minimum Gasteiger partial charge on any atom is -0.273 e. The number of allylic oxidation sites excluding steroid dienone is 4. The molecule has 1 aliphatic rings. The van der Waals surface area contributed by atoms with Crippen LogP contribution < -0.4 is 0 Å². The van der Waals surface area contributed by atoms with Gasteiger partial charge >= 0.3 is 0 Å². The van der Waals surface area contributed by atoms with E-state index >= 15 is 0 Å². The van der Waals surface area contributed by atoms with Crippen LogP contribution in [0.4, 0.5) is 0 Å². The third-order valence-corrected chi connectivity index (χ3v) is 2.97. The third kappa shape index (κ3) is 4.92. The fourth-order valence-electron chi connectivity index (χ4n) is 1.17. The molecule has 11 heavy (non-hydrogen) atoms. The first-order valence-electron chi connectivity index (χ1n) is 3.83. The molecule has 0 N–H and O–H groups in total. The zero-order valence-corrected chi connectivity index (χ0v) is 11.0. The van der Waals surface area contributed by atoms with Crippen LogP contribution in [0.2, 0.25) is 25.7 Å². The van der Waals surface area contributed by atoms with E-state index in [9.17, 15) is 0 Å². The van der Waals surface area contributed by atoms with Crippen LogP contribution in [0.15, 0.2) is 17.7 Å². The van der Waals surface area contributed by atoms with Gasteiger partial charge in [0.05, 0.1) is 0 Å². The van der Waals surface area contributed by atoms with Crippen molar-refractivity contribution in [2.24, 2.45) is 0 Å². The van der Waals surface area contributed by atoms with Gasteiger partial charge in [-0.3, -0.25) is 6.08 Å². The van der Waals surface area contributed by atoms with Crippen molar-refractivity contribution in [1.29, 1.82) is 0 Å². The van der Waals surface area contributed by atoms with Gasteiger partial charge in [0.2, 0.25) is 0 Å². The molecule has 1 rings (SSSR count). The maximum Gasteiger partial charge on any atom is 0.0319 e. The van der Waals surface area contributed by atoms with Gasteiger partial charge in [-0.05, 0) is 0 Å². The normalized spacial score (nSPS) is 16.1. The SMILES string of the molecule is C[Si](C)(C)CC1=CC[C-]=C1.[Zr]. The molecule has 0 atom stereocenters. The Hall–Kier alpha value is 0.580. The molecule has 2 heteroatoms. The minimum absolute atomic E-state index is 0. The van der Waals surface area contributed by atoms with Crippen molar-refractivity contribution in [2.45, 2.75) is 32.1 Å². The van der Waals surface area contributed by atoms with Crippen LogP contribution in [0, 0.1) is 6.08 Å². The van der Waals surface area contributed by atoms with Gasteiger partial charge < -0.3 is 0 Å². The van der Waals surface area contributed by atoms with Crippen molar-refractivity contribution in [3.8, 4) is 0 Å². The second-order valence-electron chi connectivity index (χ2n) is 4.07. The Balaban J connectivity index is 0.000001000. The smallest absolute Gasteiger partial charge is 0.0319 e. The van der Waals surface area contributed by atoms with Gasteiger partial charge in [-0.15, -0.1) is 6.42 Å². The minimum atomic E-state index is -0.862. The predicted octanol–water partition coefficient (Wildman–Crippen LogP) is 3.01. The molecule has 0 radical (unpaired) electrons. The molecule has 0 amide bonds. The van der Waals surface area contributed by atoms with Crippen molar-refractivity contribution in [3.63, 3.8) is 0 Å². The summed E-state index contributed by atoms with van der Waals surface area (Å²) < 4.78 is 0. The van der Waals surface area contributed by atoms with E-state index in [0.29, 0.717) is 0 Å². The number of hydrogen-bond acceptors (Lipinski definition) is 0. The van der Waals surface area contributed by atoms with Crippen LogP contribution >= 0.6 is 0 Å². The van der Waals surface area contributed by atoms with Gasteiger partial charge in [0.25, 0.3) is 0 Å². The summed E-state index contributed by atoms with van der Waals surface area (Å²) in [6.07, 6.45) is 8.68. The molecule has 0 heterocycles. The fourth-order valence-corrected chi connectivity index (χ4v) is 2.65. The molecule has 0 aliphatic heterocycles. The van der Waals surface area contributed by atoms with Crippen LogP contribution in [0.25, 0.3) is 0 Å². The molecule has 0 spiro atoms. The van der Waals surface area contributed by atoms with Gasteiger partial charge in [-0.2, -0.15) is 6.08 Å². The van der Waals surface area contributed by atoms with E-state index in [1.807, 2.05) is 0 Å². The van der Waals surface area contributed by atoms with Gasteiger partial charge in [-0.1, -0.05) is 25.7 Å². The van der Waals surface area contributed by atoms with Gasteiger partial charge in [-0.25, -0.2) is 11.6 Å². The summed E-state index contributed by atoms with van der Waals surface area (Å²) in [7, 11) is -0.862. The van der Waals surface area contributed by atoms with Crippen LogP contribution in [0.1, 0.15) is 6.42 Å². The van der Waals surface area contributed by atoms with Crippen molar-refractivity contribution in [3.05, 3.63) is 23.8 Å². The van der Waals surface area contributed by atoms with Crippen molar-refractivity contribution in [2.75, 3.05) is 0 Å². The molecule has 1 aliphatic carbocycles. The standard InChI is InChI=1S/C9H15Si.Zr/c1-10(2,3)8-9-6-4-5-7-9;/h6-7H,4,8H2,1-3H3;/q-1;. The first-order chi connectivity index (χ1) is 4.58. The van der Waals surface area contributed by atoms with E-state index in [2.05, 4.69) is 37.9 Å². The van der Waals surface area contributed by atoms with Crippen molar-refractivity contribution < 1.29 is 26.2 Å². The first kappa shape index (κ1) is 11.6. The molecule has 0 aromatic heterocycles. The second kappa shape index (κ2) is 4.57. The summed E-state index contributed by atoms with van der Waals surface area (Å²) in [6, 6.07) is 1.32. The summed E-state index contributed by atoms with van der Waals surface area (Å²) in [5.41, 5.74) is 1.51. The molecule has 0 aromatic carbocycles. The Labute approximate surface area is 89.9 Å². The van der Waals surface area contributed by atoms with Crippen molar-refractivity contribution >= 4 is 8.07 Å². The average molecular weight is 243 g/mol. The zero-order valence-electron chi connectivity index (χ0n) is 7.57. The van der Waals surface area contributed by atoms with E-state index in [0.717, 1.165) is 6.42 Å². The number of hydrogen-bond donors (Lipinski definition) is 0. The monoisotopic (exact) mass is 241 g/mol. The van der Waals surface area contributed by atoms with E-state index in [4.69, 9.17) is 0 Å².